The van der Waals surface area contributed by atoms with Crippen molar-refractivity contribution in [2.75, 3.05) is 10.6 Å². The zero-order valence-electron chi connectivity index (χ0n) is 20.5. The standard InChI is InChI=1S/C28H25BrClN5OS/c1-16-11-12-23(17(2)13-16)32-26(36)24-18(3)31-27-33-28(37-15-20-7-4-5-10-22(20)30)34-35(27)25(24)19-8-6-9-21(29)14-19/h4-14,25H,15H2,1-3H3,(H,32,36)(H,31,33,34)/t25-/m0/s1. The Balaban J connectivity index is 1.50. The second kappa shape index (κ2) is 10.7. The highest BCUT2D eigenvalue weighted by Crippen LogP contribution is 2.38. The lowest BCUT2D eigenvalue weighted by Gasteiger charge is -2.29. The van der Waals surface area contributed by atoms with Gasteiger partial charge in [0.2, 0.25) is 11.1 Å². The van der Waals surface area contributed by atoms with Crippen LogP contribution in [0.3, 0.4) is 0 Å². The molecular formula is C28H25BrClN5OS. The van der Waals surface area contributed by atoms with Crippen molar-refractivity contribution in [2.45, 2.75) is 37.7 Å². The van der Waals surface area contributed by atoms with Crippen LogP contribution in [-0.2, 0) is 10.5 Å². The highest BCUT2D eigenvalue weighted by Gasteiger charge is 2.34. The smallest absolute Gasteiger partial charge is 0.255 e. The fraction of sp³-hybridized carbons (Fsp3) is 0.179. The molecule has 0 aliphatic carbocycles. The topological polar surface area (TPSA) is 71.8 Å². The molecule has 0 bridgehead atoms. The first-order valence-corrected chi connectivity index (χ1v) is 13.9. The number of hydrogen-bond acceptors (Lipinski definition) is 5. The van der Waals surface area contributed by atoms with Crippen LogP contribution >= 0.6 is 39.3 Å². The van der Waals surface area contributed by atoms with Gasteiger partial charge in [0, 0.05) is 26.6 Å². The van der Waals surface area contributed by atoms with E-state index in [0.717, 1.165) is 38.1 Å². The summed E-state index contributed by atoms with van der Waals surface area (Å²) in [5, 5.41) is 12.6. The fourth-order valence-corrected chi connectivity index (χ4v) is 5.90. The van der Waals surface area contributed by atoms with Gasteiger partial charge >= 0.3 is 0 Å². The number of carbonyl (C=O) groups excluding carboxylic acids is 1. The number of fused-ring (bicyclic) bond motifs is 1. The van der Waals surface area contributed by atoms with Gasteiger partial charge in [0.1, 0.15) is 6.04 Å². The molecule has 0 saturated carbocycles. The van der Waals surface area contributed by atoms with E-state index in [0.29, 0.717) is 27.5 Å². The number of nitrogens with zero attached hydrogens (tertiary/aromatic N) is 3. The van der Waals surface area contributed by atoms with Gasteiger partial charge in [-0.25, -0.2) is 4.68 Å². The summed E-state index contributed by atoms with van der Waals surface area (Å²) in [6.45, 7) is 5.93. The third-order valence-electron chi connectivity index (χ3n) is 6.19. The molecule has 1 aromatic heterocycles. The molecular weight excluding hydrogens is 570 g/mol. The number of rotatable bonds is 6. The molecule has 0 radical (unpaired) electrons. The number of hydrogen-bond donors (Lipinski definition) is 2. The zero-order chi connectivity index (χ0) is 26.1. The first kappa shape index (κ1) is 25.6. The van der Waals surface area contributed by atoms with Gasteiger partial charge < -0.3 is 10.6 Å². The first-order chi connectivity index (χ1) is 17.8. The molecule has 0 spiro atoms. The molecule has 1 aliphatic rings. The van der Waals surface area contributed by atoms with Gasteiger partial charge in [-0.05, 0) is 61.7 Å². The molecule has 1 amide bonds. The summed E-state index contributed by atoms with van der Waals surface area (Å²) in [6.07, 6.45) is 0. The molecule has 3 aromatic carbocycles. The molecule has 0 saturated heterocycles. The van der Waals surface area contributed by atoms with Gasteiger partial charge in [0.05, 0.1) is 5.57 Å². The predicted molar refractivity (Wildman–Crippen MR) is 154 cm³/mol. The van der Waals surface area contributed by atoms with E-state index in [9.17, 15) is 4.79 Å². The second-order valence-corrected chi connectivity index (χ2v) is 11.2. The average molecular weight is 595 g/mol. The maximum atomic E-state index is 13.7. The van der Waals surface area contributed by atoms with Crippen molar-refractivity contribution in [2.24, 2.45) is 0 Å². The number of aromatic nitrogens is 3. The summed E-state index contributed by atoms with van der Waals surface area (Å²) in [5.74, 6) is 1.04. The predicted octanol–water partition coefficient (Wildman–Crippen LogP) is 7.53. The fourth-order valence-electron chi connectivity index (χ4n) is 4.37. The Labute approximate surface area is 233 Å². The van der Waals surface area contributed by atoms with Crippen LogP contribution in [0.4, 0.5) is 11.6 Å². The Morgan fingerprint density at radius 1 is 1.11 bits per heavy atom. The highest BCUT2D eigenvalue weighted by atomic mass is 79.9. The highest BCUT2D eigenvalue weighted by molar-refractivity contribution is 9.10. The Hall–Kier alpha value is -3.07. The Kier molecular flexibility index (Phi) is 7.42. The minimum atomic E-state index is -0.457. The summed E-state index contributed by atoms with van der Waals surface area (Å²) in [5.41, 5.74) is 6.19. The van der Waals surface area contributed by atoms with Gasteiger partial charge in [-0.3, -0.25) is 4.79 Å². The van der Waals surface area contributed by atoms with Crippen molar-refractivity contribution in [1.82, 2.24) is 14.8 Å². The lowest BCUT2D eigenvalue weighted by Crippen LogP contribution is -2.31. The van der Waals surface area contributed by atoms with Crippen molar-refractivity contribution in [1.29, 1.82) is 0 Å². The molecule has 0 unspecified atom stereocenters. The van der Waals surface area contributed by atoms with Crippen LogP contribution in [0.25, 0.3) is 0 Å². The molecule has 5 rings (SSSR count). The maximum Gasteiger partial charge on any atom is 0.255 e. The lowest BCUT2D eigenvalue weighted by molar-refractivity contribution is -0.113. The van der Waals surface area contributed by atoms with Crippen LogP contribution < -0.4 is 10.6 Å². The Morgan fingerprint density at radius 3 is 2.68 bits per heavy atom. The summed E-state index contributed by atoms with van der Waals surface area (Å²) < 4.78 is 2.71. The number of amides is 1. The minimum Gasteiger partial charge on any atom is -0.328 e. The van der Waals surface area contributed by atoms with E-state index in [1.54, 1.807) is 4.68 Å². The second-order valence-electron chi connectivity index (χ2n) is 8.94. The summed E-state index contributed by atoms with van der Waals surface area (Å²) >= 11 is 11.4. The number of carbonyl (C=O) groups is 1. The van der Waals surface area contributed by atoms with E-state index >= 15 is 0 Å². The van der Waals surface area contributed by atoms with Gasteiger partial charge in [-0.15, -0.1) is 5.10 Å². The van der Waals surface area contributed by atoms with E-state index in [-0.39, 0.29) is 5.91 Å². The SMILES string of the molecule is CC1=C(C(=O)Nc2ccc(C)cc2C)[C@H](c2cccc(Br)c2)n2nc(SCc3ccccc3Cl)nc2N1. The summed E-state index contributed by atoms with van der Waals surface area (Å²) in [7, 11) is 0. The molecule has 1 aliphatic heterocycles. The molecule has 2 heterocycles. The van der Waals surface area contributed by atoms with Crippen LogP contribution in [0.1, 0.15) is 35.2 Å². The summed E-state index contributed by atoms with van der Waals surface area (Å²) in [4.78, 5) is 18.5. The van der Waals surface area contributed by atoms with E-state index in [2.05, 4.69) is 32.6 Å². The molecule has 188 valence electrons. The van der Waals surface area contributed by atoms with Gasteiger partial charge in [0.15, 0.2) is 0 Å². The van der Waals surface area contributed by atoms with E-state index in [1.807, 2.05) is 81.4 Å². The molecule has 9 heteroatoms. The third-order valence-corrected chi connectivity index (χ3v) is 7.94. The van der Waals surface area contributed by atoms with Gasteiger partial charge in [-0.2, -0.15) is 4.98 Å². The van der Waals surface area contributed by atoms with Crippen LogP contribution in [0, 0.1) is 13.8 Å². The van der Waals surface area contributed by atoms with Crippen LogP contribution in [-0.4, -0.2) is 20.7 Å². The van der Waals surface area contributed by atoms with Crippen molar-refractivity contribution in [3.8, 4) is 0 Å². The van der Waals surface area contributed by atoms with E-state index < -0.39 is 6.04 Å². The van der Waals surface area contributed by atoms with E-state index in [4.69, 9.17) is 21.7 Å². The van der Waals surface area contributed by atoms with Crippen LogP contribution in [0.5, 0.6) is 0 Å². The Morgan fingerprint density at radius 2 is 1.92 bits per heavy atom. The Bertz CT molecular complexity index is 1530. The largest absolute Gasteiger partial charge is 0.328 e. The number of anilines is 2. The van der Waals surface area contributed by atoms with Crippen LogP contribution in [0.2, 0.25) is 5.02 Å². The number of thioether (sulfide) groups is 1. The van der Waals surface area contributed by atoms with Crippen molar-refractivity contribution in [3.05, 3.63) is 110 Å². The van der Waals surface area contributed by atoms with Gasteiger partial charge in [-0.1, -0.05) is 87.3 Å². The first-order valence-electron chi connectivity index (χ1n) is 11.7. The zero-order valence-corrected chi connectivity index (χ0v) is 23.7. The van der Waals surface area contributed by atoms with Crippen molar-refractivity contribution >= 4 is 56.8 Å². The number of benzene rings is 3. The third kappa shape index (κ3) is 5.46. The average Bonchev–Trinajstić information content (AvgIpc) is 3.26. The molecule has 2 N–H and O–H groups in total. The summed E-state index contributed by atoms with van der Waals surface area (Å²) in [6, 6.07) is 21.2. The maximum absolute atomic E-state index is 13.7. The lowest BCUT2D eigenvalue weighted by atomic mass is 9.95. The molecule has 4 aromatic rings. The van der Waals surface area contributed by atoms with Crippen molar-refractivity contribution < 1.29 is 4.79 Å². The normalized spacial score (nSPS) is 14.8. The number of nitrogens with one attached hydrogen (secondary N) is 2. The quantitative estimate of drug-likeness (QED) is 0.226. The number of allylic oxidation sites excluding steroid dienone is 1. The minimum absolute atomic E-state index is 0.187. The molecule has 0 fully saturated rings. The molecule has 37 heavy (non-hydrogen) atoms. The van der Waals surface area contributed by atoms with Gasteiger partial charge in [0.25, 0.3) is 5.91 Å². The van der Waals surface area contributed by atoms with E-state index in [1.165, 1.54) is 11.8 Å². The molecule has 6 nitrogen and oxygen atoms in total. The van der Waals surface area contributed by atoms with Crippen molar-refractivity contribution in [3.63, 3.8) is 0 Å². The molecule has 1 atom stereocenters. The number of aryl methyl sites for hydroxylation is 2. The number of halogens is 2. The van der Waals surface area contributed by atoms with Crippen LogP contribution in [0.15, 0.2) is 87.6 Å². The monoisotopic (exact) mass is 593 g/mol.